The molecule has 0 saturated carbocycles. The molecule has 0 aromatic heterocycles. The molecular formula is C27H31N7O5. The van der Waals surface area contributed by atoms with Gasteiger partial charge in [0.05, 0.1) is 30.2 Å². The molecule has 0 bridgehead atoms. The first-order valence-electron chi connectivity index (χ1n) is 12.1. The zero-order valence-corrected chi connectivity index (χ0v) is 21.4. The number of benzene rings is 2. The Hall–Kier alpha value is -4.97. The van der Waals surface area contributed by atoms with Gasteiger partial charge in [0.15, 0.2) is 0 Å². The standard InChI is InChI=1S/C16H14N4O2.C11H17N3O3/c17-16(22)20-14-15(21)18-12-9-5-4-8-11(12)13(19-14)10-6-2-1-3-7-10;1-2-3-9(10(12)16)11(13-8-15)14-4-6-17-7-5-14/h1-9,14H,(H,18,21)(H3,17,20,22);2-3,8H,4-7H2,1H3,(H2,12,16)(H,13,15)/b;3-2-,11-9-. The van der Waals surface area contributed by atoms with Gasteiger partial charge in [-0.2, -0.15) is 0 Å². The van der Waals surface area contributed by atoms with E-state index in [1.54, 1.807) is 25.1 Å². The first kappa shape index (κ1) is 28.6. The van der Waals surface area contributed by atoms with E-state index in [1.165, 1.54) is 0 Å². The van der Waals surface area contributed by atoms with Gasteiger partial charge in [0, 0.05) is 24.2 Å². The molecular weight excluding hydrogens is 502 g/mol. The van der Waals surface area contributed by atoms with E-state index in [9.17, 15) is 19.2 Å². The van der Waals surface area contributed by atoms with Gasteiger partial charge in [-0.05, 0) is 13.0 Å². The number of ether oxygens (including phenoxy) is 1. The summed E-state index contributed by atoms with van der Waals surface area (Å²) < 4.78 is 5.21. The van der Waals surface area contributed by atoms with Gasteiger partial charge in [-0.25, -0.2) is 9.79 Å². The molecule has 2 aromatic carbocycles. The van der Waals surface area contributed by atoms with Crippen LogP contribution in [0, 0.1) is 0 Å². The molecule has 2 aromatic rings. The van der Waals surface area contributed by atoms with Gasteiger partial charge in [-0.15, -0.1) is 0 Å². The number of anilines is 1. The van der Waals surface area contributed by atoms with E-state index in [4.69, 9.17) is 16.2 Å². The zero-order valence-electron chi connectivity index (χ0n) is 21.4. The average molecular weight is 534 g/mol. The van der Waals surface area contributed by atoms with Crippen LogP contribution in [0.2, 0.25) is 0 Å². The van der Waals surface area contributed by atoms with Crippen LogP contribution in [0.25, 0.3) is 0 Å². The first-order chi connectivity index (χ1) is 18.8. The minimum absolute atomic E-state index is 0.293. The number of fused-ring (bicyclic) bond motifs is 1. The summed E-state index contributed by atoms with van der Waals surface area (Å²) in [6.07, 6.45) is 2.76. The van der Waals surface area contributed by atoms with E-state index in [2.05, 4.69) is 20.9 Å². The van der Waals surface area contributed by atoms with Crippen LogP contribution in [-0.2, 0) is 19.1 Å². The first-order valence-corrected chi connectivity index (χ1v) is 12.1. The summed E-state index contributed by atoms with van der Waals surface area (Å²) in [6.45, 7) is 4.13. The highest BCUT2D eigenvalue weighted by Gasteiger charge is 2.26. The van der Waals surface area contributed by atoms with E-state index < -0.39 is 24.0 Å². The van der Waals surface area contributed by atoms with Crippen LogP contribution in [0.1, 0.15) is 18.1 Å². The van der Waals surface area contributed by atoms with Crippen molar-refractivity contribution in [3.63, 3.8) is 0 Å². The molecule has 1 saturated heterocycles. The fourth-order valence-corrected chi connectivity index (χ4v) is 3.94. The molecule has 1 atom stereocenters. The highest BCUT2D eigenvalue weighted by atomic mass is 16.5. The molecule has 204 valence electrons. The second kappa shape index (κ2) is 14.1. The monoisotopic (exact) mass is 533 g/mol. The number of aliphatic imine (C=N–C) groups is 1. The number of urea groups is 1. The molecule has 4 rings (SSSR count). The summed E-state index contributed by atoms with van der Waals surface area (Å²) in [6, 6.07) is 16.0. The number of benzodiazepines with no additional fused rings is 1. The van der Waals surface area contributed by atoms with Crippen LogP contribution in [-0.4, -0.2) is 67.3 Å². The van der Waals surface area contributed by atoms with Crippen LogP contribution in [0.3, 0.4) is 0 Å². The smallest absolute Gasteiger partial charge is 0.314 e. The Labute approximate surface area is 225 Å². The Balaban J connectivity index is 0.000000224. The summed E-state index contributed by atoms with van der Waals surface area (Å²) in [4.78, 5) is 51.5. The summed E-state index contributed by atoms with van der Waals surface area (Å²) in [7, 11) is 0. The van der Waals surface area contributed by atoms with Crippen molar-refractivity contribution < 1.29 is 23.9 Å². The van der Waals surface area contributed by atoms with Gasteiger partial charge in [0.2, 0.25) is 12.6 Å². The predicted octanol–water partition coefficient (Wildman–Crippen LogP) is 0.808. The molecule has 0 radical (unpaired) electrons. The highest BCUT2D eigenvalue weighted by Crippen LogP contribution is 2.23. The van der Waals surface area contributed by atoms with Gasteiger partial charge in [0.1, 0.15) is 5.82 Å². The molecule has 7 N–H and O–H groups in total. The van der Waals surface area contributed by atoms with Crippen molar-refractivity contribution >= 4 is 35.7 Å². The minimum atomic E-state index is -1.07. The van der Waals surface area contributed by atoms with Crippen LogP contribution in [0.5, 0.6) is 0 Å². The van der Waals surface area contributed by atoms with Crippen LogP contribution < -0.4 is 27.4 Å². The van der Waals surface area contributed by atoms with Crippen molar-refractivity contribution in [1.82, 2.24) is 15.5 Å². The van der Waals surface area contributed by atoms with E-state index in [0.717, 1.165) is 11.1 Å². The Morgan fingerprint density at radius 2 is 1.74 bits per heavy atom. The number of hydrogen-bond donors (Lipinski definition) is 5. The molecule has 12 heteroatoms. The summed E-state index contributed by atoms with van der Waals surface area (Å²) in [5.74, 6) is -0.565. The number of nitrogens with one attached hydrogen (secondary N) is 3. The maximum Gasteiger partial charge on any atom is 0.314 e. The van der Waals surface area contributed by atoms with E-state index in [-0.39, 0.29) is 0 Å². The summed E-state index contributed by atoms with van der Waals surface area (Å²) in [5.41, 5.74) is 13.6. The average Bonchev–Trinajstić information content (AvgIpc) is 3.07. The Kier molecular flexibility index (Phi) is 10.3. The maximum absolute atomic E-state index is 12.2. The van der Waals surface area contributed by atoms with Crippen molar-refractivity contribution in [2.24, 2.45) is 16.5 Å². The fraction of sp³-hybridized carbons (Fsp3) is 0.222. The number of morpholine rings is 1. The number of rotatable bonds is 7. The van der Waals surface area contributed by atoms with Crippen molar-refractivity contribution in [3.05, 3.63) is 89.3 Å². The van der Waals surface area contributed by atoms with Crippen molar-refractivity contribution in [2.45, 2.75) is 13.1 Å². The molecule has 2 aliphatic rings. The van der Waals surface area contributed by atoms with Crippen LogP contribution >= 0.6 is 0 Å². The van der Waals surface area contributed by atoms with Crippen molar-refractivity contribution in [1.29, 1.82) is 0 Å². The number of hydrogen-bond acceptors (Lipinski definition) is 7. The predicted molar refractivity (Wildman–Crippen MR) is 146 cm³/mol. The number of para-hydroxylation sites is 1. The topological polar surface area (TPSA) is 181 Å². The van der Waals surface area contributed by atoms with Gasteiger partial charge in [0.25, 0.3) is 11.8 Å². The third-order valence-electron chi connectivity index (χ3n) is 5.65. The molecule has 5 amide bonds. The van der Waals surface area contributed by atoms with E-state index in [1.807, 2.05) is 53.4 Å². The molecule has 12 nitrogen and oxygen atoms in total. The Morgan fingerprint density at radius 3 is 2.36 bits per heavy atom. The van der Waals surface area contributed by atoms with Crippen LogP contribution in [0.15, 0.2) is 83.1 Å². The minimum Gasteiger partial charge on any atom is -0.378 e. The number of primary amides is 2. The molecule has 1 fully saturated rings. The van der Waals surface area contributed by atoms with Gasteiger partial charge < -0.3 is 37.1 Å². The SMILES string of the molecule is C/C=C\C(C(N)=O)=C(/NC=O)N1CCOCC1.NC(=O)NC1N=C(c2ccccc2)c2ccccc2NC1=O. The highest BCUT2D eigenvalue weighted by molar-refractivity contribution is 6.19. The number of amides is 5. The lowest BCUT2D eigenvalue weighted by atomic mass is 10.0. The quantitative estimate of drug-likeness (QED) is 0.199. The number of allylic oxidation sites excluding steroid dienone is 1. The number of carbonyl (C=O) groups is 4. The molecule has 2 aliphatic heterocycles. The largest absolute Gasteiger partial charge is 0.378 e. The lowest BCUT2D eigenvalue weighted by molar-refractivity contribution is -0.117. The van der Waals surface area contributed by atoms with Crippen molar-refractivity contribution in [3.8, 4) is 0 Å². The lowest BCUT2D eigenvalue weighted by Crippen LogP contribution is -2.44. The number of carbonyl (C=O) groups excluding carboxylic acids is 4. The van der Waals surface area contributed by atoms with E-state index >= 15 is 0 Å². The van der Waals surface area contributed by atoms with Crippen molar-refractivity contribution in [2.75, 3.05) is 31.6 Å². The third-order valence-corrected chi connectivity index (χ3v) is 5.65. The normalized spacial score (nSPS) is 17.3. The van der Waals surface area contributed by atoms with Gasteiger partial charge in [-0.3, -0.25) is 14.4 Å². The Bertz CT molecular complexity index is 1280. The molecule has 1 unspecified atom stereocenters. The fourth-order valence-electron chi connectivity index (χ4n) is 3.94. The van der Waals surface area contributed by atoms with Crippen LogP contribution in [0.4, 0.5) is 10.5 Å². The van der Waals surface area contributed by atoms with Gasteiger partial charge in [-0.1, -0.05) is 60.7 Å². The second-order valence-electron chi connectivity index (χ2n) is 8.28. The molecule has 39 heavy (non-hydrogen) atoms. The third kappa shape index (κ3) is 7.76. The second-order valence-corrected chi connectivity index (χ2v) is 8.28. The summed E-state index contributed by atoms with van der Waals surface area (Å²) >= 11 is 0. The summed E-state index contributed by atoms with van der Waals surface area (Å²) in [5, 5.41) is 7.64. The van der Waals surface area contributed by atoms with Gasteiger partial charge >= 0.3 is 6.03 Å². The maximum atomic E-state index is 12.2. The number of nitrogens with two attached hydrogens (primary N) is 2. The molecule has 0 aliphatic carbocycles. The van der Waals surface area contributed by atoms with E-state index in [0.29, 0.717) is 55.5 Å². The Morgan fingerprint density at radius 1 is 1.08 bits per heavy atom. The zero-order chi connectivity index (χ0) is 28.2. The molecule has 0 spiro atoms. The lowest BCUT2D eigenvalue weighted by Gasteiger charge is -2.31. The molecule has 2 heterocycles. The number of nitrogens with zero attached hydrogens (tertiary/aromatic N) is 2.